The van der Waals surface area contributed by atoms with Crippen molar-refractivity contribution in [3.63, 3.8) is 0 Å². The maximum Gasteiger partial charge on any atom is 0.142 e. The van der Waals surface area contributed by atoms with E-state index in [1.807, 2.05) is 43.3 Å². The zero-order valence-corrected chi connectivity index (χ0v) is 15.1. The Kier molecular flexibility index (Phi) is 4.96. The molecular weight excluding hydrogens is 332 g/mol. The molecule has 0 saturated heterocycles. The van der Waals surface area contributed by atoms with E-state index in [0.29, 0.717) is 11.5 Å². The van der Waals surface area contributed by atoms with Gasteiger partial charge in [0.15, 0.2) is 0 Å². The molecule has 0 amide bonds. The number of aromatic nitrogens is 2. The van der Waals surface area contributed by atoms with Gasteiger partial charge in [0.25, 0.3) is 0 Å². The number of nitrogens with zero attached hydrogens (tertiary/aromatic N) is 3. The van der Waals surface area contributed by atoms with Gasteiger partial charge in [-0.1, -0.05) is 6.07 Å². The Morgan fingerprint density at radius 3 is 2.60 bits per heavy atom. The fraction of sp³-hybridized carbons (Fsp3) is 0.211. The van der Waals surface area contributed by atoms with E-state index >= 15 is 0 Å². The first-order chi connectivity index (χ1) is 12.1. The highest BCUT2D eigenvalue weighted by molar-refractivity contribution is 7.15. The minimum Gasteiger partial charge on any atom is -0.497 e. The highest BCUT2D eigenvalue weighted by Gasteiger charge is 2.16. The second-order valence-corrected chi connectivity index (χ2v) is 6.61. The van der Waals surface area contributed by atoms with E-state index in [1.54, 1.807) is 24.5 Å². The van der Waals surface area contributed by atoms with Crippen molar-refractivity contribution in [3.05, 3.63) is 58.7 Å². The molecular formula is C19H18N4OS. The van der Waals surface area contributed by atoms with Crippen LogP contribution in [0, 0.1) is 18.3 Å². The van der Waals surface area contributed by atoms with Crippen LogP contribution in [0.25, 0.3) is 10.6 Å². The second-order valence-electron chi connectivity index (χ2n) is 5.58. The van der Waals surface area contributed by atoms with Crippen molar-refractivity contribution in [1.82, 2.24) is 9.97 Å². The third kappa shape index (κ3) is 3.78. The zero-order chi connectivity index (χ0) is 17.8. The molecule has 0 aliphatic rings. The average molecular weight is 350 g/mol. The molecule has 1 unspecified atom stereocenters. The lowest BCUT2D eigenvalue weighted by molar-refractivity contribution is 0.415. The van der Waals surface area contributed by atoms with E-state index in [-0.39, 0.29) is 6.04 Å². The Labute approximate surface area is 151 Å². The average Bonchev–Trinajstić information content (AvgIpc) is 3.04. The van der Waals surface area contributed by atoms with Crippen LogP contribution in [0.1, 0.15) is 29.2 Å². The Morgan fingerprint density at radius 1 is 1.16 bits per heavy atom. The summed E-state index contributed by atoms with van der Waals surface area (Å²) in [6, 6.07) is 15.4. The molecule has 6 heteroatoms. The number of ether oxygens (including phenoxy) is 1. The Balaban J connectivity index is 1.82. The minimum atomic E-state index is 0.0472. The number of anilines is 1. The third-order valence-corrected chi connectivity index (χ3v) is 5.18. The molecule has 0 saturated carbocycles. The van der Waals surface area contributed by atoms with Crippen molar-refractivity contribution < 1.29 is 4.74 Å². The molecule has 0 radical (unpaired) electrons. The molecule has 3 aromatic rings. The Morgan fingerprint density at radius 2 is 1.92 bits per heavy atom. The molecule has 5 nitrogen and oxygen atoms in total. The van der Waals surface area contributed by atoms with Crippen molar-refractivity contribution >= 4 is 17.2 Å². The zero-order valence-electron chi connectivity index (χ0n) is 14.3. The first-order valence-corrected chi connectivity index (χ1v) is 8.68. The first-order valence-electron chi connectivity index (χ1n) is 7.86. The van der Waals surface area contributed by atoms with Crippen LogP contribution < -0.4 is 10.1 Å². The summed E-state index contributed by atoms with van der Waals surface area (Å²) in [6.07, 6.45) is 0. The molecule has 126 valence electrons. The van der Waals surface area contributed by atoms with E-state index < -0.39 is 0 Å². The van der Waals surface area contributed by atoms with Gasteiger partial charge in [0.05, 0.1) is 18.8 Å². The van der Waals surface area contributed by atoms with Crippen LogP contribution in [0.4, 0.5) is 5.82 Å². The van der Waals surface area contributed by atoms with Crippen molar-refractivity contribution in [1.29, 1.82) is 5.26 Å². The SMILES string of the molecule is COc1ccc(-c2nc(C)c(C(C)Nc3cccc(C#N)n3)s2)cc1. The molecule has 0 aliphatic heterocycles. The Hall–Kier alpha value is -2.91. The van der Waals surface area contributed by atoms with E-state index in [4.69, 9.17) is 15.0 Å². The van der Waals surface area contributed by atoms with Crippen LogP contribution in [-0.2, 0) is 0 Å². The lowest BCUT2D eigenvalue weighted by Crippen LogP contribution is -2.08. The Bertz CT molecular complexity index is 912. The van der Waals surface area contributed by atoms with Crippen molar-refractivity contribution in [2.75, 3.05) is 12.4 Å². The number of aryl methyl sites for hydroxylation is 1. The monoisotopic (exact) mass is 350 g/mol. The van der Waals surface area contributed by atoms with Gasteiger partial charge in [0, 0.05) is 10.4 Å². The molecule has 0 spiro atoms. The summed E-state index contributed by atoms with van der Waals surface area (Å²) in [5.74, 6) is 1.51. The van der Waals surface area contributed by atoms with Gasteiger partial charge in [-0.3, -0.25) is 0 Å². The number of nitrogens with one attached hydrogen (secondary N) is 1. The van der Waals surface area contributed by atoms with Gasteiger partial charge in [-0.25, -0.2) is 9.97 Å². The summed E-state index contributed by atoms with van der Waals surface area (Å²) >= 11 is 1.66. The number of hydrogen-bond acceptors (Lipinski definition) is 6. The molecule has 3 rings (SSSR count). The number of benzene rings is 1. The van der Waals surface area contributed by atoms with E-state index in [0.717, 1.165) is 26.9 Å². The molecule has 2 heterocycles. The van der Waals surface area contributed by atoms with E-state index in [2.05, 4.69) is 23.3 Å². The second kappa shape index (κ2) is 7.32. The highest BCUT2D eigenvalue weighted by Crippen LogP contribution is 2.33. The maximum atomic E-state index is 8.97. The van der Waals surface area contributed by atoms with Crippen molar-refractivity contribution in [2.24, 2.45) is 0 Å². The van der Waals surface area contributed by atoms with Crippen LogP contribution in [-0.4, -0.2) is 17.1 Å². The lowest BCUT2D eigenvalue weighted by Gasteiger charge is -2.13. The predicted molar refractivity (Wildman–Crippen MR) is 99.8 cm³/mol. The van der Waals surface area contributed by atoms with Crippen LogP contribution in [0.15, 0.2) is 42.5 Å². The van der Waals surface area contributed by atoms with Gasteiger partial charge in [-0.05, 0) is 50.2 Å². The molecule has 0 bridgehead atoms. The fourth-order valence-corrected chi connectivity index (χ4v) is 3.61. The number of rotatable bonds is 5. The lowest BCUT2D eigenvalue weighted by atomic mass is 10.2. The molecule has 1 N–H and O–H groups in total. The standard InChI is InChI=1S/C19H18N4OS/c1-12(21-17-6-4-5-15(11-20)23-17)18-13(2)22-19(25-18)14-7-9-16(24-3)10-8-14/h4-10,12H,1-3H3,(H,21,23). The van der Waals surface area contributed by atoms with Crippen LogP contribution in [0.5, 0.6) is 5.75 Å². The summed E-state index contributed by atoms with van der Waals surface area (Å²) in [6.45, 7) is 4.08. The van der Waals surface area contributed by atoms with Gasteiger partial charge in [0.1, 0.15) is 28.3 Å². The van der Waals surface area contributed by atoms with Gasteiger partial charge < -0.3 is 10.1 Å². The summed E-state index contributed by atoms with van der Waals surface area (Å²) in [5.41, 5.74) is 2.46. The summed E-state index contributed by atoms with van der Waals surface area (Å²) in [4.78, 5) is 10.1. The smallest absolute Gasteiger partial charge is 0.142 e. The third-order valence-electron chi connectivity index (χ3n) is 3.79. The molecule has 1 atom stereocenters. The fourth-order valence-electron chi connectivity index (χ4n) is 2.53. The van der Waals surface area contributed by atoms with Crippen molar-refractivity contribution in [3.8, 4) is 22.4 Å². The van der Waals surface area contributed by atoms with Crippen LogP contribution in [0.2, 0.25) is 0 Å². The molecule has 1 aromatic carbocycles. The highest BCUT2D eigenvalue weighted by atomic mass is 32.1. The number of nitriles is 1. The largest absolute Gasteiger partial charge is 0.497 e. The maximum absolute atomic E-state index is 8.97. The summed E-state index contributed by atoms with van der Waals surface area (Å²) < 4.78 is 5.20. The van der Waals surface area contributed by atoms with E-state index in [1.165, 1.54) is 0 Å². The van der Waals surface area contributed by atoms with Crippen LogP contribution in [0.3, 0.4) is 0 Å². The number of pyridine rings is 1. The number of thiazole rings is 1. The molecule has 0 fully saturated rings. The van der Waals surface area contributed by atoms with Gasteiger partial charge in [0.2, 0.25) is 0 Å². The number of hydrogen-bond donors (Lipinski definition) is 1. The normalized spacial score (nSPS) is 11.6. The quantitative estimate of drug-likeness (QED) is 0.730. The van der Waals surface area contributed by atoms with Gasteiger partial charge in [-0.2, -0.15) is 5.26 Å². The van der Waals surface area contributed by atoms with E-state index in [9.17, 15) is 0 Å². The summed E-state index contributed by atoms with van der Waals surface area (Å²) in [5, 5.41) is 13.3. The van der Waals surface area contributed by atoms with Crippen LogP contribution >= 0.6 is 11.3 Å². The number of methoxy groups -OCH3 is 1. The van der Waals surface area contributed by atoms with Crippen molar-refractivity contribution in [2.45, 2.75) is 19.9 Å². The minimum absolute atomic E-state index is 0.0472. The molecule has 0 aliphatic carbocycles. The molecule has 2 aromatic heterocycles. The predicted octanol–water partition coefficient (Wildman–Crippen LogP) is 4.57. The summed E-state index contributed by atoms with van der Waals surface area (Å²) in [7, 11) is 1.66. The topological polar surface area (TPSA) is 70.8 Å². The first kappa shape index (κ1) is 16.9. The van der Waals surface area contributed by atoms with Gasteiger partial charge >= 0.3 is 0 Å². The molecule has 25 heavy (non-hydrogen) atoms. The van der Waals surface area contributed by atoms with Gasteiger partial charge in [-0.15, -0.1) is 11.3 Å².